The van der Waals surface area contributed by atoms with Crippen molar-refractivity contribution in [1.29, 1.82) is 0 Å². The van der Waals surface area contributed by atoms with Crippen LogP contribution in [0.3, 0.4) is 0 Å². The first kappa shape index (κ1) is 12.4. The second-order valence-corrected chi connectivity index (χ2v) is 5.29. The summed E-state index contributed by atoms with van der Waals surface area (Å²) in [7, 11) is -3.90. The van der Waals surface area contributed by atoms with Gasteiger partial charge < -0.3 is 9.17 Å². The Morgan fingerprint density at radius 1 is 1.11 bits per heavy atom. The van der Waals surface area contributed by atoms with Gasteiger partial charge in [0, 0.05) is 12.3 Å². The fourth-order valence-corrected chi connectivity index (χ4v) is 2.28. The van der Waals surface area contributed by atoms with Gasteiger partial charge in [-0.15, -0.1) is 0 Å². The first-order valence-corrected chi connectivity index (χ1v) is 6.58. The van der Waals surface area contributed by atoms with Crippen molar-refractivity contribution >= 4 is 10.1 Å². The van der Waals surface area contributed by atoms with Crippen molar-refractivity contribution in [2.24, 2.45) is 0 Å². The van der Waals surface area contributed by atoms with Gasteiger partial charge in [-0.1, -0.05) is 17.7 Å². The summed E-state index contributed by atoms with van der Waals surface area (Å²) < 4.78 is 28.6. The van der Waals surface area contributed by atoms with E-state index < -0.39 is 15.7 Å². The molecule has 0 saturated carbocycles. The van der Waals surface area contributed by atoms with E-state index in [9.17, 15) is 13.2 Å². The maximum atomic E-state index is 11.9. The van der Waals surface area contributed by atoms with E-state index in [-0.39, 0.29) is 10.6 Å². The maximum Gasteiger partial charge on any atom is 0.339 e. The molecule has 0 aliphatic carbocycles. The zero-order valence-electron chi connectivity index (χ0n) is 9.58. The van der Waals surface area contributed by atoms with Crippen LogP contribution in [0.25, 0.3) is 0 Å². The number of hydrogen-bond acceptors (Lipinski definition) is 4. The second kappa shape index (κ2) is 4.66. The Balaban J connectivity index is 2.33. The topological polar surface area (TPSA) is 76.2 Å². The molecule has 0 spiro atoms. The standard InChI is InChI=1S/C12H11NO4S/c1-9-2-4-11(5-3-9)18(15,16)17-10-6-7-13-12(14)8-10/h2-8H,1H3,(H,13,14). The van der Waals surface area contributed by atoms with E-state index in [1.54, 1.807) is 12.1 Å². The van der Waals surface area contributed by atoms with Crippen LogP contribution in [0.5, 0.6) is 5.75 Å². The van der Waals surface area contributed by atoms with E-state index in [1.807, 2.05) is 6.92 Å². The molecule has 1 N–H and O–H groups in total. The highest BCUT2D eigenvalue weighted by molar-refractivity contribution is 7.87. The molecule has 0 fully saturated rings. The molecule has 0 aliphatic rings. The number of rotatable bonds is 3. The molecule has 5 nitrogen and oxygen atoms in total. The molecule has 0 bridgehead atoms. The van der Waals surface area contributed by atoms with Crippen LogP contribution in [0.15, 0.2) is 52.3 Å². The van der Waals surface area contributed by atoms with Gasteiger partial charge in [0.25, 0.3) is 5.56 Å². The Morgan fingerprint density at radius 2 is 1.78 bits per heavy atom. The zero-order valence-corrected chi connectivity index (χ0v) is 10.4. The highest BCUT2D eigenvalue weighted by Gasteiger charge is 2.16. The van der Waals surface area contributed by atoms with Crippen LogP contribution in [0.1, 0.15) is 5.56 Å². The molecule has 0 saturated heterocycles. The number of nitrogens with one attached hydrogen (secondary N) is 1. The second-order valence-electron chi connectivity index (χ2n) is 3.74. The number of aromatic nitrogens is 1. The van der Waals surface area contributed by atoms with Crippen LogP contribution in [0, 0.1) is 6.92 Å². The van der Waals surface area contributed by atoms with Crippen LogP contribution in [0.4, 0.5) is 0 Å². The molecule has 2 aromatic rings. The van der Waals surface area contributed by atoms with Gasteiger partial charge in [0.2, 0.25) is 0 Å². The number of aryl methyl sites for hydroxylation is 1. The summed E-state index contributed by atoms with van der Waals surface area (Å²) in [6, 6.07) is 8.71. The molecule has 1 heterocycles. The highest BCUT2D eigenvalue weighted by atomic mass is 32.2. The largest absolute Gasteiger partial charge is 0.379 e. The Kier molecular flexibility index (Phi) is 3.20. The van der Waals surface area contributed by atoms with Gasteiger partial charge in [-0.3, -0.25) is 4.79 Å². The summed E-state index contributed by atoms with van der Waals surface area (Å²) in [6.45, 7) is 1.86. The summed E-state index contributed by atoms with van der Waals surface area (Å²) >= 11 is 0. The van der Waals surface area contributed by atoms with Gasteiger partial charge in [-0.25, -0.2) is 0 Å². The zero-order chi connectivity index (χ0) is 13.2. The minimum atomic E-state index is -3.90. The SMILES string of the molecule is Cc1ccc(S(=O)(=O)Oc2cc[nH]c(=O)c2)cc1. The summed E-state index contributed by atoms with van der Waals surface area (Å²) in [6.07, 6.45) is 1.32. The van der Waals surface area contributed by atoms with Gasteiger partial charge in [-0.05, 0) is 25.1 Å². The molecule has 0 unspecified atom stereocenters. The number of H-pyrrole nitrogens is 1. The molecule has 0 aliphatic heterocycles. The van der Waals surface area contributed by atoms with Gasteiger partial charge in [0.15, 0.2) is 0 Å². The molecule has 94 valence electrons. The van der Waals surface area contributed by atoms with Gasteiger partial charge >= 0.3 is 10.1 Å². The minimum absolute atomic E-state index is 0.0145. The summed E-state index contributed by atoms with van der Waals surface area (Å²) in [5.41, 5.74) is 0.525. The van der Waals surface area contributed by atoms with Crippen molar-refractivity contribution in [3.8, 4) is 5.75 Å². The molecular weight excluding hydrogens is 254 g/mol. The predicted octanol–water partition coefficient (Wildman–Crippen LogP) is 1.45. The third-order valence-corrected chi connectivity index (χ3v) is 3.52. The normalized spacial score (nSPS) is 11.2. The van der Waals surface area contributed by atoms with Crippen LogP contribution in [-0.2, 0) is 10.1 Å². The lowest BCUT2D eigenvalue weighted by Crippen LogP contribution is -2.12. The first-order chi connectivity index (χ1) is 8.47. The molecule has 1 aromatic carbocycles. The predicted molar refractivity (Wildman–Crippen MR) is 66.1 cm³/mol. The maximum absolute atomic E-state index is 11.9. The molecular formula is C12H11NO4S. The van der Waals surface area contributed by atoms with E-state index in [2.05, 4.69) is 4.98 Å². The summed E-state index contributed by atoms with van der Waals surface area (Å²) in [5, 5.41) is 0. The fraction of sp³-hybridized carbons (Fsp3) is 0.0833. The quantitative estimate of drug-likeness (QED) is 0.852. The Bertz CT molecular complexity index is 701. The fourth-order valence-electron chi connectivity index (χ4n) is 1.36. The molecule has 0 amide bonds. The molecule has 18 heavy (non-hydrogen) atoms. The van der Waals surface area contributed by atoms with Crippen molar-refractivity contribution in [3.63, 3.8) is 0 Å². The number of hydrogen-bond donors (Lipinski definition) is 1. The van der Waals surface area contributed by atoms with Crippen LogP contribution in [-0.4, -0.2) is 13.4 Å². The first-order valence-electron chi connectivity index (χ1n) is 5.17. The lowest BCUT2D eigenvalue weighted by molar-refractivity contribution is 0.485. The lowest BCUT2D eigenvalue weighted by Gasteiger charge is -2.06. The average molecular weight is 265 g/mol. The molecule has 0 radical (unpaired) electrons. The number of benzene rings is 1. The van der Waals surface area contributed by atoms with Gasteiger partial charge in [0.05, 0.1) is 0 Å². The molecule has 6 heteroatoms. The molecule has 1 aromatic heterocycles. The van der Waals surface area contributed by atoms with Crippen LogP contribution < -0.4 is 9.74 Å². The third-order valence-electron chi connectivity index (χ3n) is 2.26. The molecule has 0 atom stereocenters. The van der Waals surface area contributed by atoms with E-state index in [0.717, 1.165) is 11.6 Å². The van der Waals surface area contributed by atoms with E-state index in [0.29, 0.717) is 0 Å². The van der Waals surface area contributed by atoms with Crippen LogP contribution in [0.2, 0.25) is 0 Å². The summed E-state index contributed by atoms with van der Waals surface area (Å²) in [5.74, 6) is -0.0145. The Labute approximate surface area is 104 Å². The number of aromatic amines is 1. The Hall–Kier alpha value is -2.08. The van der Waals surface area contributed by atoms with Crippen molar-refractivity contribution in [2.45, 2.75) is 11.8 Å². The molecule has 2 rings (SSSR count). The van der Waals surface area contributed by atoms with Gasteiger partial charge in [0.1, 0.15) is 10.6 Å². The average Bonchev–Trinajstić information content (AvgIpc) is 2.29. The third kappa shape index (κ3) is 2.78. The monoisotopic (exact) mass is 265 g/mol. The number of pyridine rings is 1. The van der Waals surface area contributed by atoms with Crippen molar-refractivity contribution < 1.29 is 12.6 Å². The smallest absolute Gasteiger partial charge is 0.339 e. The van der Waals surface area contributed by atoms with Crippen molar-refractivity contribution in [3.05, 3.63) is 58.5 Å². The Morgan fingerprint density at radius 3 is 2.39 bits per heavy atom. The summed E-state index contributed by atoms with van der Waals surface area (Å²) in [4.78, 5) is 13.5. The van der Waals surface area contributed by atoms with Crippen molar-refractivity contribution in [1.82, 2.24) is 4.98 Å². The van der Waals surface area contributed by atoms with Gasteiger partial charge in [-0.2, -0.15) is 8.42 Å². The lowest BCUT2D eigenvalue weighted by atomic mass is 10.2. The highest BCUT2D eigenvalue weighted by Crippen LogP contribution is 2.16. The van der Waals surface area contributed by atoms with Crippen molar-refractivity contribution in [2.75, 3.05) is 0 Å². The van der Waals surface area contributed by atoms with Crippen LogP contribution >= 0.6 is 0 Å². The minimum Gasteiger partial charge on any atom is -0.379 e. The van der Waals surface area contributed by atoms with E-state index in [4.69, 9.17) is 4.18 Å². The van der Waals surface area contributed by atoms with E-state index >= 15 is 0 Å². The van der Waals surface area contributed by atoms with E-state index in [1.165, 1.54) is 24.4 Å².